The summed E-state index contributed by atoms with van der Waals surface area (Å²) in [7, 11) is 0. The first-order valence-electron chi connectivity index (χ1n) is 4.07. The van der Waals surface area contributed by atoms with Crippen LogP contribution in [0.5, 0.6) is 0 Å². The molecule has 0 saturated carbocycles. The zero-order chi connectivity index (χ0) is 11.0. The molecular formula is C8H7BrN4O2. The molecule has 0 aromatic carbocycles. The van der Waals surface area contributed by atoms with Crippen molar-refractivity contribution >= 4 is 27.5 Å². The summed E-state index contributed by atoms with van der Waals surface area (Å²) in [6.45, 7) is 0. The van der Waals surface area contributed by atoms with Crippen molar-refractivity contribution < 1.29 is 9.90 Å². The number of nitrogens with zero attached hydrogens (tertiary/aromatic N) is 3. The number of halogens is 1. The largest absolute Gasteiger partial charge is 0.480 e. The zero-order valence-corrected chi connectivity index (χ0v) is 9.05. The number of rotatable bonds is 2. The highest BCUT2D eigenvalue weighted by atomic mass is 79.9. The molecule has 0 aliphatic heterocycles. The van der Waals surface area contributed by atoms with E-state index in [0.717, 1.165) is 4.47 Å². The highest BCUT2D eigenvalue weighted by molar-refractivity contribution is 9.10. The summed E-state index contributed by atoms with van der Waals surface area (Å²) in [6.07, 6.45) is 3.29. The van der Waals surface area contributed by atoms with Gasteiger partial charge in [0.1, 0.15) is 6.04 Å². The third-order valence-corrected chi connectivity index (χ3v) is 2.29. The summed E-state index contributed by atoms with van der Waals surface area (Å²) in [5, 5.41) is 12.7. The monoisotopic (exact) mass is 270 g/mol. The lowest BCUT2D eigenvalue weighted by molar-refractivity contribution is -0.138. The number of hydrogen-bond donors (Lipinski definition) is 2. The van der Waals surface area contributed by atoms with E-state index >= 15 is 0 Å². The van der Waals surface area contributed by atoms with Crippen LogP contribution in [0.1, 0.15) is 11.7 Å². The van der Waals surface area contributed by atoms with Crippen molar-refractivity contribution in [2.75, 3.05) is 0 Å². The molecule has 6 nitrogen and oxygen atoms in total. The van der Waals surface area contributed by atoms with E-state index in [0.29, 0.717) is 5.65 Å². The van der Waals surface area contributed by atoms with Gasteiger partial charge in [-0.2, -0.15) is 5.10 Å². The van der Waals surface area contributed by atoms with Crippen LogP contribution in [0, 0.1) is 0 Å². The molecule has 2 rings (SSSR count). The summed E-state index contributed by atoms with van der Waals surface area (Å²) in [5.41, 5.74) is 6.27. The lowest BCUT2D eigenvalue weighted by Crippen LogP contribution is -2.21. The molecule has 0 aliphatic carbocycles. The van der Waals surface area contributed by atoms with Crippen molar-refractivity contribution in [2.45, 2.75) is 6.04 Å². The number of carboxylic acids is 1. The predicted molar refractivity (Wildman–Crippen MR) is 55.3 cm³/mol. The predicted octanol–water partition coefficient (Wildman–Crippen LogP) is 0.576. The number of aromatic nitrogens is 3. The number of carbonyl (C=O) groups is 1. The Morgan fingerprint density at radius 3 is 3.07 bits per heavy atom. The molecule has 0 saturated heterocycles. The number of carboxylic acid groups (broad SMARTS) is 1. The van der Waals surface area contributed by atoms with Crippen LogP contribution in [-0.2, 0) is 4.79 Å². The van der Waals surface area contributed by atoms with E-state index in [1.807, 2.05) is 0 Å². The van der Waals surface area contributed by atoms with Crippen LogP contribution < -0.4 is 5.73 Å². The second-order valence-electron chi connectivity index (χ2n) is 2.96. The molecule has 0 aliphatic rings. The third kappa shape index (κ3) is 1.83. The van der Waals surface area contributed by atoms with Gasteiger partial charge in [-0.1, -0.05) is 0 Å². The Bertz CT molecular complexity index is 524. The van der Waals surface area contributed by atoms with Crippen molar-refractivity contribution in [3.05, 3.63) is 28.6 Å². The van der Waals surface area contributed by atoms with Gasteiger partial charge in [-0.05, 0) is 15.9 Å². The molecule has 2 aromatic heterocycles. The molecule has 0 radical (unpaired) electrons. The van der Waals surface area contributed by atoms with Crippen molar-refractivity contribution in [3.8, 4) is 0 Å². The molecule has 7 heteroatoms. The zero-order valence-electron chi connectivity index (χ0n) is 7.46. The van der Waals surface area contributed by atoms with E-state index in [2.05, 4.69) is 26.0 Å². The molecule has 0 fully saturated rings. The fourth-order valence-corrected chi connectivity index (χ4v) is 1.45. The van der Waals surface area contributed by atoms with Gasteiger partial charge in [0.05, 0.1) is 10.2 Å². The van der Waals surface area contributed by atoms with Crippen LogP contribution in [0.3, 0.4) is 0 Å². The molecule has 3 N–H and O–H groups in total. The summed E-state index contributed by atoms with van der Waals surface area (Å²) in [6, 6.07) is 0.427. The summed E-state index contributed by atoms with van der Waals surface area (Å²) in [5.74, 6) is -1.11. The highest BCUT2D eigenvalue weighted by Crippen LogP contribution is 2.13. The first-order valence-corrected chi connectivity index (χ1v) is 4.86. The second-order valence-corrected chi connectivity index (χ2v) is 3.88. The maximum absolute atomic E-state index is 10.6. The van der Waals surface area contributed by atoms with Crippen LogP contribution in [0.2, 0.25) is 0 Å². The normalized spacial score (nSPS) is 12.9. The molecule has 0 amide bonds. The van der Waals surface area contributed by atoms with Gasteiger partial charge in [0, 0.05) is 18.5 Å². The van der Waals surface area contributed by atoms with E-state index in [1.165, 1.54) is 4.52 Å². The van der Waals surface area contributed by atoms with Crippen LogP contribution >= 0.6 is 15.9 Å². The van der Waals surface area contributed by atoms with Gasteiger partial charge in [0.2, 0.25) is 0 Å². The van der Waals surface area contributed by atoms with Crippen molar-refractivity contribution in [3.63, 3.8) is 0 Å². The first-order chi connectivity index (χ1) is 7.08. The number of aliphatic carboxylic acids is 1. The van der Waals surface area contributed by atoms with Crippen molar-refractivity contribution in [2.24, 2.45) is 5.73 Å². The topological polar surface area (TPSA) is 93.5 Å². The second kappa shape index (κ2) is 3.59. The Balaban J connectivity index is 2.51. The minimum atomic E-state index is -1.12. The maximum atomic E-state index is 10.6. The average Bonchev–Trinajstić information content (AvgIpc) is 2.58. The van der Waals surface area contributed by atoms with Gasteiger partial charge in [0.15, 0.2) is 5.65 Å². The molecule has 0 bridgehead atoms. The van der Waals surface area contributed by atoms with E-state index in [1.54, 1.807) is 18.5 Å². The SMILES string of the molecule is NC(C(=O)O)c1cc2ncc(Br)cn2n1. The first kappa shape index (κ1) is 10.1. The Morgan fingerprint density at radius 2 is 2.40 bits per heavy atom. The molecule has 2 aromatic rings. The van der Waals surface area contributed by atoms with Gasteiger partial charge in [-0.25, -0.2) is 9.50 Å². The Morgan fingerprint density at radius 1 is 1.67 bits per heavy atom. The highest BCUT2D eigenvalue weighted by Gasteiger charge is 2.18. The van der Waals surface area contributed by atoms with E-state index in [9.17, 15) is 4.79 Å². The van der Waals surface area contributed by atoms with Gasteiger partial charge in [-0.3, -0.25) is 4.79 Å². The summed E-state index contributed by atoms with van der Waals surface area (Å²) in [4.78, 5) is 14.7. The standard InChI is InChI=1S/C8H7BrN4O2/c9-4-2-11-6-1-5(7(10)8(14)15)12-13(6)3-4/h1-3,7H,10H2,(H,14,15). The van der Waals surface area contributed by atoms with Gasteiger partial charge < -0.3 is 10.8 Å². The fraction of sp³-hybridized carbons (Fsp3) is 0.125. The molecule has 78 valence electrons. The smallest absolute Gasteiger partial charge is 0.326 e. The average molecular weight is 271 g/mol. The Labute approximate surface area is 92.9 Å². The number of nitrogens with two attached hydrogens (primary N) is 1. The third-order valence-electron chi connectivity index (χ3n) is 1.89. The van der Waals surface area contributed by atoms with E-state index < -0.39 is 12.0 Å². The quantitative estimate of drug-likeness (QED) is 0.833. The molecule has 1 unspecified atom stereocenters. The molecular weight excluding hydrogens is 264 g/mol. The van der Waals surface area contributed by atoms with Crippen LogP contribution in [0.4, 0.5) is 0 Å². The Kier molecular flexibility index (Phi) is 2.41. The lowest BCUT2D eigenvalue weighted by atomic mass is 10.2. The minimum Gasteiger partial charge on any atom is -0.480 e. The fourth-order valence-electron chi connectivity index (χ4n) is 1.15. The van der Waals surface area contributed by atoms with Crippen molar-refractivity contribution in [1.82, 2.24) is 14.6 Å². The van der Waals surface area contributed by atoms with Crippen LogP contribution in [-0.4, -0.2) is 25.7 Å². The summed E-state index contributed by atoms with van der Waals surface area (Å²) < 4.78 is 2.23. The van der Waals surface area contributed by atoms with Gasteiger partial charge in [0.25, 0.3) is 0 Å². The number of hydrogen-bond acceptors (Lipinski definition) is 4. The number of fused-ring (bicyclic) bond motifs is 1. The lowest BCUT2D eigenvalue weighted by Gasteiger charge is -1.99. The van der Waals surface area contributed by atoms with Crippen LogP contribution in [0.25, 0.3) is 5.65 Å². The maximum Gasteiger partial charge on any atom is 0.326 e. The van der Waals surface area contributed by atoms with Crippen molar-refractivity contribution in [1.29, 1.82) is 0 Å². The van der Waals surface area contributed by atoms with Crippen LogP contribution in [0.15, 0.2) is 22.9 Å². The summed E-state index contributed by atoms with van der Waals surface area (Å²) >= 11 is 3.24. The van der Waals surface area contributed by atoms with E-state index in [-0.39, 0.29) is 5.69 Å². The molecule has 1 atom stereocenters. The van der Waals surface area contributed by atoms with E-state index in [4.69, 9.17) is 10.8 Å². The molecule has 2 heterocycles. The van der Waals surface area contributed by atoms with Gasteiger partial charge in [-0.15, -0.1) is 0 Å². The van der Waals surface area contributed by atoms with Gasteiger partial charge >= 0.3 is 5.97 Å². The minimum absolute atomic E-state index is 0.285. The molecule has 15 heavy (non-hydrogen) atoms. The Hall–Kier alpha value is -1.47. The molecule has 0 spiro atoms.